The third kappa shape index (κ3) is 7.46. The van der Waals surface area contributed by atoms with Crippen LogP contribution >= 0.6 is 0 Å². The van der Waals surface area contributed by atoms with Crippen molar-refractivity contribution < 1.29 is 38.1 Å². The van der Waals surface area contributed by atoms with E-state index in [-0.39, 0.29) is 30.2 Å². The highest BCUT2D eigenvalue weighted by atomic mass is 16.5. The van der Waals surface area contributed by atoms with Crippen molar-refractivity contribution in [2.45, 2.75) is 38.3 Å². The lowest BCUT2D eigenvalue weighted by Crippen LogP contribution is -2.53. The first kappa shape index (κ1) is 29.4. The van der Waals surface area contributed by atoms with Gasteiger partial charge in [0, 0.05) is 44.1 Å². The predicted molar refractivity (Wildman–Crippen MR) is 144 cm³/mol. The lowest BCUT2D eigenvalue weighted by Gasteiger charge is -2.33. The van der Waals surface area contributed by atoms with Gasteiger partial charge in [-0.1, -0.05) is 0 Å². The first-order valence-corrected chi connectivity index (χ1v) is 12.6. The highest BCUT2D eigenvalue weighted by molar-refractivity contribution is 5.95. The molecule has 1 atom stereocenters. The number of amides is 3. The average Bonchev–Trinajstić information content (AvgIpc) is 2.95. The second-order valence-corrected chi connectivity index (χ2v) is 9.17. The van der Waals surface area contributed by atoms with Gasteiger partial charge in [-0.15, -0.1) is 0 Å². The number of likely N-dealkylation sites (tertiary alicyclic amines) is 1. The molecule has 0 saturated carbocycles. The summed E-state index contributed by atoms with van der Waals surface area (Å²) in [6.07, 6.45) is 1.40. The Bertz CT molecular complexity index is 1130. The van der Waals surface area contributed by atoms with Crippen molar-refractivity contribution in [2.75, 3.05) is 48.6 Å². The first-order valence-electron chi connectivity index (χ1n) is 12.6. The Morgan fingerprint density at radius 3 is 1.87 bits per heavy atom. The van der Waals surface area contributed by atoms with Crippen molar-refractivity contribution >= 4 is 17.7 Å². The Kier molecular flexibility index (Phi) is 10.2. The monoisotopic (exact) mass is 543 g/mol. The van der Waals surface area contributed by atoms with E-state index in [4.69, 9.17) is 23.7 Å². The number of piperidine rings is 1. The lowest BCUT2D eigenvalue weighted by molar-refractivity contribution is -0.128. The standard InChI is InChI=1S/C28H37N3O8/c1-17(32)29-23(13-18-11-21(35-2)16-22(12-18)36-3)27(33)30-20-7-9-31(10-8-20)28(34)19-14-24(37-4)26(39-6)25(15-19)38-5/h11-12,14-16,20,23H,7-10,13H2,1-6H3,(H,29,32)(H,30,33)/t23-/m1/s1. The van der Waals surface area contributed by atoms with Crippen molar-refractivity contribution in [3.8, 4) is 28.7 Å². The smallest absolute Gasteiger partial charge is 0.254 e. The van der Waals surface area contributed by atoms with E-state index in [1.165, 1.54) is 28.3 Å². The van der Waals surface area contributed by atoms with Gasteiger partial charge in [0.25, 0.3) is 5.91 Å². The lowest BCUT2D eigenvalue weighted by atomic mass is 10.0. The van der Waals surface area contributed by atoms with E-state index in [1.807, 2.05) is 0 Å². The zero-order valence-corrected chi connectivity index (χ0v) is 23.3. The van der Waals surface area contributed by atoms with Crippen LogP contribution in [0, 0.1) is 0 Å². The maximum atomic E-state index is 13.2. The number of ether oxygens (including phenoxy) is 5. The Morgan fingerprint density at radius 2 is 1.41 bits per heavy atom. The fourth-order valence-electron chi connectivity index (χ4n) is 4.59. The third-order valence-electron chi connectivity index (χ3n) is 6.59. The van der Waals surface area contributed by atoms with Gasteiger partial charge >= 0.3 is 0 Å². The van der Waals surface area contributed by atoms with E-state index in [1.54, 1.807) is 49.5 Å². The van der Waals surface area contributed by atoms with Crippen LogP contribution in [-0.2, 0) is 16.0 Å². The van der Waals surface area contributed by atoms with Gasteiger partial charge in [-0.25, -0.2) is 0 Å². The van der Waals surface area contributed by atoms with Crippen molar-refractivity contribution in [3.63, 3.8) is 0 Å². The summed E-state index contributed by atoms with van der Waals surface area (Å²) >= 11 is 0. The minimum Gasteiger partial charge on any atom is -0.497 e. The summed E-state index contributed by atoms with van der Waals surface area (Å²) in [5.41, 5.74) is 1.21. The molecule has 1 aliphatic heterocycles. The molecular weight excluding hydrogens is 506 g/mol. The maximum absolute atomic E-state index is 13.2. The van der Waals surface area contributed by atoms with E-state index in [9.17, 15) is 14.4 Å². The molecule has 212 valence electrons. The Morgan fingerprint density at radius 1 is 0.846 bits per heavy atom. The van der Waals surface area contributed by atoms with Crippen LogP contribution in [-0.4, -0.2) is 83.3 Å². The summed E-state index contributed by atoms with van der Waals surface area (Å²) in [7, 11) is 7.60. The molecule has 0 spiro atoms. The van der Waals surface area contributed by atoms with Crippen LogP contribution < -0.4 is 34.3 Å². The summed E-state index contributed by atoms with van der Waals surface area (Å²) in [5, 5.41) is 5.78. The second kappa shape index (κ2) is 13.6. The second-order valence-electron chi connectivity index (χ2n) is 9.17. The van der Waals surface area contributed by atoms with Gasteiger partial charge < -0.3 is 39.2 Å². The summed E-state index contributed by atoms with van der Waals surface area (Å²) in [6.45, 7) is 2.29. The van der Waals surface area contributed by atoms with Crippen LogP contribution in [0.2, 0.25) is 0 Å². The number of carbonyl (C=O) groups is 3. The molecule has 11 heteroatoms. The number of nitrogens with one attached hydrogen (secondary N) is 2. The molecule has 2 N–H and O–H groups in total. The van der Waals surface area contributed by atoms with Gasteiger partial charge in [-0.3, -0.25) is 14.4 Å². The van der Waals surface area contributed by atoms with Crippen molar-refractivity contribution in [3.05, 3.63) is 41.5 Å². The van der Waals surface area contributed by atoms with Gasteiger partial charge in [0.15, 0.2) is 11.5 Å². The number of hydrogen-bond donors (Lipinski definition) is 2. The molecule has 2 aromatic carbocycles. The zero-order chi connectivity index (χ0) is 28.5. The molecule has 1 aliphatic rings. The molecule has 0 unspecified atom stereocenters. The molecule has 0 aromatic heterocycles. The van der Waals surface area contributed by atoms with E-state index in [0.29, 0.717) is 60.2 Å². The summed E-state index contributed by atoms with van der Waals surface area (Å²) in [4.78, 5) is 40.0. The Labute approximate surface area is 228 Å². The SMILES string of the molecule is COc1cc(C[C@@H](NC(C)=O)C(=O)NC2CCN(C(=O)c3cc(OC)c(OC)c(OC)c3)CC2)cc(OC)c1. The molecule has 3 amide bonds. The average molecular weight is 544 g/mol. The quantitative estimate of drug-likeness (QED) is 0.442. The molecule has 1 heterocycles. The minimum absolute atomic E-state index is 0.141. The van der Waals surface area contributed by atoms with Crippen LogP contribution in [0.25, 0.3) is 0 Å². The fourth-order valence-corrected chi connectivity index (χ4v) is 4.59. The van der Waals surface area contributed by atoms with E-state index >= 15 is 0 Å². The van der Waals surface area contributed by atoms with Crippen LogP contribution in [0.15, 0.2) is 30.3 Å². The van der Waals surface area contributed by atoms with Crippen LogP contribution in [0.4, 0.5) is 0 Å². The molecule has 0 radical (unpaired) electrons. The first-order chi connectivity index (χ1) is 18.7. The highest BCUT2D eigenvalue weighted by Gasteiger charge is 2.29. The van der Waals surface area contributed by atoms with E-state index in [2.05, 4.69) is 10.6 Å². The van der Waals surface area contributed by atoms with Crippen molar-refractivity contribution in [2.24, 2.45) is 0 Å². The van der Waals surface area contributed by atoms with Gasteiger partial charge in [0.2, 0.25) is 17.6 Å². The molecular formula is C28H37N3O8. The van der Waals surface area contributed by atoms with Crippen molar-refractivity contribution in [1.29, 1.82) is 0 Å². The topological polar surface area (TPSA) is 125 Å². The highest BCUT2D eigenvalue weighted by Crippen LogP contribution is 2.38. The van der Waals surface area contributed by atoms with Gasteiger partial charge in [-0.2, -0.15) is 0 Å². The van der Waals surface area contributed by atoms with Gasteiger partial charge in [-0.05, 0) is 42.7 Å². The fraction of sp³-hybridized carbons (Fsp3) is 0.464. The number of benzene rings is 2. The van der Waals surface area contributed by atoms with Crippen LogP contribution in [0.5, 0.6) is 28.7 Å². The number of methoxy groups -OCH3 is 5. The number of carbonyl (C=O) groups excluding carboxylic acids is 3. The molecule has 2 aromatic rings. The zero-order valence-electron chi connectivity index (χ0n) is 23.3. The predicted octanol–water partition coefficient (Wildman–Crippen LogP) is 2.20. The normalized spacial score (nSPS) is 14.2. The molecule has 0 aliphatic carbocycles. The third-order valence-corrected chi connectivity index (χ3v) is 6.59. The summed E-state index contributed by atoms with van der Waals surface area (Å²) in [6, 6.07) is 7.68. The van der Waals surface area contributed by atoms with Gasteiger partial charge in [0.1, 0.15) is 17.5 Å². The molecule has 11 nitrogen and oxygen atoms in total. The Hall–Kier alpha value is -4.15. The minimum atomic E-state index is -0.779. The summed E-state index contributed by atoms with van der Waals surface area (Å²) in [5.74, 6) is 1.64. The van der Waals surface area contributed by atoms with Crippen LogP contribution in [0.1, 0.15) is 35.7 Å². The number of hydrogen-bond acceptors (Lipinski definition) is 8. The molecule has 3 rings (SSSR count). The Balaban J connectivity index is 1.65. The molecule has 1 saturated heterocycles. The van der Waals surface area contributed by atoms with Crippen molar-refractivity contribution in [1.82, 2.24) is 15.5 Å². The van der Waals surface area contributed by atoms with E-state index in [0.717, 1.165) is 5.56 Å². The van der Waals surface area contributed by atoms with Gasteiger partial charge in [0.05, 0.1) is 35.5 Å². The summed E-state index contributed by atoms with van der Waals surface area (Å²) < 4.78 is 26.7. The number of nitrogens with zero attached hydrogens (tertiary/aromatic N) is 1. The molecule has 1 fully saturated rings. The molecule has 39 heavy (non-hydrogen) atoms. The van der Waals surface area contributed by atoms with E-state index < -0.39 is 6.04 Å². The molecule has 0 bridgehead atoms. The largest absolute Gasteiger partial charge is 0.497 e. The number of rotatable bonds is 11. The van der Waals surface area contributed by atoms with Crippen LogP contribution in [0.3, 0.4) is 0 Å². The maximum Gasteiger partial charge on any atom is 0.254 e.